The van der Waals surface area contributed by atoms with Gasteiger partial charge in [-0.2, -0.15) is 0 Å². The van der Waals surface area contributed by atoms with Crippen molar-refractivity contribution in [3.05, 3.63) is 60.7 Å². The van der Waals surface area contributed by atoms with E-state index in [-0.39, 0.29) is 0 Å². The largest absolute Gasteiger partial charge is 0.246 e. The van der Waals surface area contributed by atoms with Gasteiger partial charge in [-0.15, -0.1) is 11.3 Å². The van der Waals surface area contributed by atoms with Crippen molar-refractivity contribution in [2.45, 2.75) is 32.7 Å². The Morgan fingerprint density at radius 1 is 0.731 bits per heavy atom. The van der Waals surface area contributed by atoms with Gasteiger partial charge in [0.05, 0.1) is 22.9 Å². The van der Waals surface area contributed by atoms with Crippen LogP contribution in [0.5, 0.6) is 0 Å². The third-order valence-corrected chi connectivity index (χ3v) is 12.9. The minimum atomic E-state index is -1.80. The van der Waals surface area contributed by atoms with Gasteiger partial charge in [0.15, 0.2) is 0 Å². The van der Waals surface area contributed by atoms with Crippen LogP contribution in [0.15, 0.2) is 60.7 Å². The van der Waals surface area contributed by atoms with Crippen LogP contribution < -0.4 is 15.0 Å². The molecule has 0 amide bonds. The normalized spacial score (nSPS) is 12.8. The fraction of sp³-hybridized carbons (Fsp3) is 0.227. The third kappa shape index (κ3) is 3.06. The van der Waals surface area contributed by atoms with E-state index in [4.69, 9.17) is 4.98 Å². The van der Waals surface area contributed by atoms with Crippen molar-refractivity contribution in [3.8, 4) is 0 Å². The van der Waals surface area contributed by atoms with Crippen LogP contribution in [0, 0.1) is 0 Å². The van der Waals surface area contributed by atoms with Crippen molar-refractivity contribution in [3.63, 3.8) is 0 Å². The molecule has 132 valence electrons. The Balaban J connectivity index is 1.81. The molecule has 0 unspecified atom stereocenters. The van der Waals surface area contributed by atoms with Crippen LogP contribution in [0.1, 0.15) is 0 Å². The molecule has 26 heavy (non-hydrogen) atoms. The van der Waals surface area contributed by atoms with Gasteiger partial charge in [0.25, 0.3) is 0 Å². The Morgan fingerprint density at radius 3 is 2.15 bits per heavy atom. The van der Waals surface area contributed by atoms with E-state index in [1.807, 2.05) is 11.3 Å². The molecule has 0 aliphatic carbocycles. The maximum Gasteiger partial charge on any atom is 0.148 e. The van der Waals surface area contributed by atoms with Crippen LogP contribution >= 0.6 is 11.3 Å². The molecular weight excluding hydrogens is 366 g/mol. The summed E-state index contributed by atoms with van der Waals surface area (Å²) in [4.78, 5) is 5.06. The maximum absolute atomic E-state index is 5.06. The average Bonchev–Trinajstić information content (AvgIpc) is 3.04. The molecule has 1 nitrogen and oxygen atoms in total. The molecule has 0 aliphatic rings. The number of hydrogen-bond donors (Lipinski definition) is 0. The van der Waals surface area contributed by atoms with Gasteiger partial charge in [0, 0.05) is 0 Å². The van der Waals surface area contributed by atoms with E-state index in [9.17, 15) is 0 Å². The van der Waals surface area contributed by atoms with Crippen molar-refractivity contribution in [2.24, 2.45) is 0 Å². The van der Waals surface area contributed by atoms with Crippen LogP contribution in [-0.2, 0) is 0 Å². The summed E-state index contributed by atoms with van der Waals surface area (Å²) in [7, 11) is -3.09. The molecule has 0 atom stereocenters. The first-order valence-corrected chi connectivity index (χ1v) is 16.5. The fourth-order valence-corrected chi connectivity index (χ4v) is 8.75. The Hall–Kier alpha value is -1.76. The Labute approximate surface area is 161 Å². The van der Waals surface area contributed by atoms with Crippen molar-refractivity contribution < 1.29 is 0 Å². The molecule has 0 saturated heterocycles. The van der Waals surface area contributed by atoms with Gasteiger partial charge in [-0.3, -0.25) is 0 Å². The molecule has 0 spiro atoms. The minimum Gasteiger partial charge on any atom is -0.246 e. The molecule has 0 bridgehead atoms. The average molecular weight is 392 g/mol. The van der Waals surface area contributed by atoms with Gasteiger partial charge in [-0.25, -0.2) is 4.98 Å². The SMILES string of the molecule is C[Si](C)(C)c1ccc2nc([Si](C)(C)c3ccc4ccccc4c3)sc2c1. The summed E-state index contributed by atoms with van der Waals surface area (Å²) in [5.41, 5.74) is 1.16. The first-order valence-electron chi connectivity index (χ1n) is 9.16. The van der Waals surface area contributed by atoms with E-state index in [0.29, 0.717) is 0 Å². The number of fused-ring (bicyclic) bond motifs is 2. The highest BCUT2D eigenvalue weighted by molar-refractivity contribution is 7.32. The van der Waals surface area contributed by atoms with Gasteiger partial charge in [-0.05, 0) is 22.9 Å². The second-order valence-electron chi connectivity index (χ2n) is 8.64. The van der Waals surface area contributed by atoms with E-state index >= 15 is 0 Å². The zero-order valence-corrected chi connectivity index (χ0v) is 18.9. The molecule has 0 fully saturated rings. The lowest BCUT2D eigenvalue weighted by Crippen LogP contribution is -2.52. The summed E-state index contributed by atoms with van der Waals surface area (Å²) in [5.74, 6) is 0. The van der Waals surface area contributed by atoms with Gasteiger partial charge in [0.2, 0.25) is 0 Å². The summed E-state index contributed by atoms with van der Waals surface area (Å²) in [6, 6.07) is 22.5. The molecule has 1 aromatic heterocycles. The second kappa shape index (κ2) is 6.15. The van der Waals surface area contributed by atoms with Gasteiger partial charge in [0.1, 0.15) is 8.07 Å². The van der Waals surface area contributed by atoms with Crippen molar-refractivity contribution >= 4 is 63.5 Å². The van der Waals surface area contributed by atoms with Gasteiger partial charge in [-0.1, -0.05) is 91.6 Å². The molecule has 0 aliphatic heterocycles. The Morgan fingerprint density at radius 2 is 1.42 bits per heavy atom. The molecule has 0 radical (unpaired) electrons. The monoisotopic (exact) mass is 391 g/mol. The Kier molecular flexibility index (Phi) is 4.17. The van der Waals surface area contributed by atoms with E-state index in [1.165, 1.54) is 30.5 Å². The molecule has 4 rings (SSSR count). The molecule has 3 aromatic carbocycles. The maximum atomic E-state index is 5.06. The predicted molar refractivity (Wildman–Crippen MR) is 123 cm³/mol. The first kappa shape index (κ1) is 17.6. The highest BCUT2D eigenvalue weighted by Gasteiger charge is 2.30. The Bertz CT molecular complexity index is 1110. The van der Waals surface area contributed by atoms with Crippen LogP contribution in [0.4, 0.5) is 0 Å². The summed E-state index contributed by atoms with van der Waals surface area (Å²) in [5, 5.41) is 5.61. The van der Waals surface area contributed by atoms with Crippen molar-refractivity contribution in [2.75, 3.05) is 0 Å². The summed E-state index contributed by atoms with van der Waals surface area (Å²) in [6.07, 6.45) is 0. The summed E-state index contributed by atoms with van der Waals surface area (Å²) < 4.78 is 2.68. The lowest BCUT2D eigenvalue weighted by molar-refractivity contribution is 1.52. The third-order valence-electron chi connectivity index (χ3n) is 5.26. The van der Waals surface area contributed by atoms with Crippen LogP contribution in [0.25, 0.3) is 21.0 Å². The van der Waals surface area contributed by atoms with E-state index in [2.05, 4.69) is 93.4 Å². The van der Waals surface area contributed by atoms with Gasteiger partial charge >= 0.3 is 0 Å². The van der Waals surface area contributed by atoms with Crippen LogP contribution in [0.2, 0.25) is 32.7 Å². The molecule has 0 saturated carbocycles. The summed E-state index contributed by atoms with van der Waals surface area (Å²) in [6.45, 7) is 12.1. The van der Waals surface area contributed by atoms with Crippen molar-refractivity contribution in [1.82, 2.24) is 4.98 Å². The lowest BCUT2D eigenvalue weighted by Gasteiger charge is -2.20. The zero-order chi connectivity index (χ0) is 18.5. The van der Waals surface area contributed by atoms with E-state index in [0.717, 1.165) is 5.52 Å². The van der Waals surface area contributed by atoms with Gasteiger partial charge < -0.3 is 0 Å². The predicted octanol–water partition coefficient (Wildman–Crippen LogP) is 4.82. The number of thiazole rings is 1. The fourth-order valence-electron chi connectivity index (χ4n) is 3.36. The van der Waals surface area contributed by atoms with Crippen molar-refractivity contribution in [1.29, 1.82) is 0 Å². The topological polar surface area (TPSA) is 12.9 Å². The molecule has 4 aromatic rings. The molecular formula is C22H25NSSi2. The quantitative estimate of drug-likeness (QED) is 0.456. The first-order chi connectivity index (χ1) is 12.2. The van der Waals surface area contributed by atoms with E-state index < -0.39 is 16.1 Å². The molecule has 0 N–H and O–H groups in total. The second-order valence-corrected chi connectivity index (χ2v) is 19.4. The number of benzene rings is 3. The van der Waals surface area contributed by atoms with Crippen LogP contribution in [0.3, 0.4) is 0 Å². The summed E-state index contributed by atoms with van der Waals surface area (Å²) >= 11 is 1.91. The lowest BCUT2D eigenvalue weighted by atomic mass is 10.1. The molecule has 4 heteroatoms. The number of nitrogens with zero attached hydrogens (tertiary/aromatic N) is 1. The molecule has 1 heterocycles. The highest BCUT2D eigenvalue weighted by Crippen LogP contribution is 2.21. The highest BCUT2D eigenvalue weighted by atomic mass is 32.1. The van der Waals surface area contributed by atoms with E-state index in [1.54, 1.807) is 0 Å². The smallest absolute Gasteiger partial charge is 0.148 e. The number of aromatic nitrogens is 1. The standard InChI is InChI=1S/C22H25NSSi2/c1-25(2,3)18-12-13-20-21(15-18)24-22(23-20)26(4,5)19-11-10-16-8-6-7-9-17(16)14-19/h6-15H,1-5H3. The zero-order valence-electron chi connectivity index (χ0n) is 16.1. The number of hydrogen-bond acceptors (Lipinski definition) is 2. The number of rotatable bonds is 3. The van der Waals surface area contributed by atoms with Crippen LogP contribution in [-0.4, -0.2) is 21.1 Å². The minimum absolute atomic E-state index is 1.16.